The quantitative estimate of drug-likeness (QED) is 0.859. The third-order valence-corrected chi connectivity index (χ3v) is 5.92. The Morgan fingerprint density at radius 2 is 1.86 bits per heavy atom. The number of ether oxygens (including phenoxy) is 1. The summed E-state index contributed by atoms with van der Waals surface area (Å²) in [6.45, 7) is 7.65. The summed E-state index contributed by atoms with van der Waals surface area (Å²) in [4.78, 5) is 0. The summed E-state index contributed by atoms with van der Waals surface area (Å²) in [7, 11) is -1.67. The summed E-state index contributed by atoms with van der Waals surface area (Å²) in [5.41, 5.74) is 1.97. The Labute approximate surface area is 128 Å². The lowest BCUT2D eigenvalue weighted by Gasteiger charge is -2.23. The van der Waals surface area contributed by atoms with E-state index < -0.39 is 10.0 Å². The van der Waals surface area contributed by atoms with Crippen LogP contribution in [0.25, 0.3) is 0 Å². The second-order valence-electron chi connectivity index (χ2n) is 6.77. The lowest BCUT2D eigenvalue weighted by Crippen LogP contribution is -2.32. The van der Waals surface area contributed by atoms with Crippen molar-refractivity contribution in [2.45, 2.75) is 32.6 Å². The third-order valence-electron chi connectivity index (χ3n) is 3.98. The molecule has 0 aliphatic carbocycles. The fraction of sp³-hybridized carbons (Fsp3) is 0.625. The highest BCUT2D eigenvalue weighted by molar-refractivity contribution is 7.92. The fourth-order valence-electron chi connectivity index (χ4n) is 2.46. The molecule has 1 aromatic rings. The zero-order valence-corrected chi connectivity index (χ0v) is 14.1. The lowest BCUT2D eigenvalue weighted by atomic mass is 9.87. The Hall–Kier alpha value is -1.07. The summed E-state index contributed by atoms with van der Waals surface area (Å²) in [5.74, 6) is 0.274. The highest BCUT2D eigenvalue weighted by atomic mass is 32.2. The van der Waals surface area contributed by atoms with Crippen LogP contribution in [0.4, 0.5) is 5.69 Å². The van der Waals surface area contributed by atoms with Gasteiger partial charge in [-0.1, -0.05) is 32.9 Å². The normalized spacial score (nSPS) is 19.7. The van der Waals surface area contributed by atoms with E-state index in [4.69, 9.17) is 4.74 Å². The zero-order chi connectivity index (χ0) is 15.7. The van der Waals surface area contributed by atoms with Crippen LogP contribution in [-0.2, 0) is 20.2 Å². The fourth-order valence-corrected chi connectivity index (χ4v) is 3.98. The molecular formula is C16H25NO3S. The van der Waals surface area contributed by atoms with Crippen molar-refractivity contribution >= 4 is 15.7 Å². The minimum atomic E-state index is -3.29. The van der Waals surface area contributed by atoms with Crippen LogP contribution in [0.5, 0.6) is 0 Å². The van der Waals surface area contributed by atoms with E-state index in [1.54, 1.807) is 7.05 Å². The average Bonchev–Trinajstić information content (AvgIpc) is 2.89. The molecule has 0 spiro atoms. The Balaban J connectivity index is 2.13. The van der Waals surface area contributed by atoms with Crippen molar-refractivity contribution in [1.82, 2.24) is 0 Å². The van der Waals surface area contributed by atoms with Gasteiger partial charge in [0.05, 0.1) is 18.0 Å². The summed E-state index contributed by atoms with van der Waals surface area (Å²) in [6.07, 6.45) is 0.829. The molecule has 2 rings (SSSR count). The molecule has 0 N–H and O–H groups in total. The topological polar surface area (TPSA) is 46.6 Å². The van der Waals surface area contributed by atoms with E-state index in [0.717, 1.165) is 6.42 Å². The monoisotopic (exact) mass is 311 g/mol. The maximum atomic E-state index is 12.4. The van der Waals surface area contributed by atoms with Gasteiger partial charge < -0.3 is 4.74 Å². The SMILES string of the molecule is CN(c1ccc(C(C)(C)C)cc1)S(=O)(=O)C[C@@H]1CCOC1. The van der Waals surface area contributed by atoms with E-state index in [1.165, 1.54) is 9.87 Å². The second-order valence-corrected chi connectivity index (χ2v) is 8.82. The van der Waals surface area contributed by atoms with Gasteiger partial charge in [-0.3, -0.25) is 4.31 Å². The largest absolute Gasteiger partial charge is 0.381 e. The lowest BCUT2D eigenvalue weighted by molar-refractivity contribution is 0.188. The molecule has 1 aromatic carbocycles. The molecule has 0 saturated carbocycles. The average molecular weight is 311 g/mol. The summed E-state index contributed by atoms with van der Waals surface area (Å²) >= 11 is 0. The van der Waals surface area contributed by atoms with Crippen molar-refractivity contribution in [2.24, 2.45) is 5.92 Å². The Bertz CT molecular complexity index is 567. The van der Waals surface area contributed by atoms with E-state index in [-0.39, 0.29) is 17.1 Å². The number of hydrogen-bond donors (Lipinski definition) is 0. The van der Waals surface area contributed by atoms with Crippen molar-refractivity contribution < 1.29 is 13.2 Å². The first-order valence-corrected chi connectivity index (χ1v) is 8.96. The van der Waals surface area contributed by atoms with Gasteiger partial charge in [-0.25, -0.2) is 8.42 Å². The maximum Gasteiger partial charge on any atom is 0.235 e. The van der Waals surface area contributed by atoms with E-state index >= 15 is 0 Å². The molecule has 1 heterocycles. The predicted octanol–water partition coefficient (Wildman–Crippen LogP) is 2.79. The van der Waals surface area contributed by atoms with Gasteiger partial charge in [-0.05, 0) is 29.5 Å². The minimum Gasteiger partial charge on any atom is -0.381 e. The number of anilines is 1. The molecule has 0 unspecified atom stereocenters. The molecule has 5 heteroatoms. The van der Waals surface area contributed by atoms with Gasteiger partial charge in [0, 0.05) is 19.6 Å². The van der Waals surface area contributed by atoms with Crippen LogP contribution >= 0.6 is 0 Å². The van der Waals surface area contributed by atoms with E-state index in [1.807, 2.05) is 24.3 Å². The molecular weight excluding hydrogens is 286 g/mol. The second kappa shape index (κ2) is 5.97. The van der Waals surface area contributed by atoms with E-state index in [9.17, 15) is 8.42 Å². The standard InChI is InChI=1S/C16H25NO3S/c1-16(2,3)14-5-7-15(8-6-14)17(4)21(18,19)12-13-9-10-20-11-13/h5-8,13H,9-12H2,1-4H3/t13-/m1/s1. The first-order valence-electron chi connectivity index (χ1n) is 7.35. The van der Waals surface area contributed by atoms with Crippen LogP contribution in [0.15, 0.2) is 24.3 Å². The molecule has 118 valence electrons. The van der Waals surface area contributed by atoms with Crippen molar-refractivity contribution in [3.8, 4) is 0 Å². The molecule has 4 nitrogen and oxygen atoms in total. The first kappa shape index (κ1) is 16.3. The molecule has 0 radical (unpaired) electrons. The Kier molecular flexibility index (Phi) is 4.63. The predicted molar refractivity (Wildman–Crippen MR) is 86.3 cm³/mol. The molecule has 0 aromatic heterocycles. The van der Waals surface area contributed by atoms with Crippen LogP contribution in [0.3, 0.4) is 0 Å². The van der Waals surface area contributed by atoms with Crippen LogP contribution in [0.2, 0.25) is 0 Å². The zero-order valence-electron chi connectivity index (χ0n) is 13.3. The van der Waals surface area contributed by atoms with Crippen molar-refractivity contribution in [3.05, 3.63) is 29.8 Å². The highest BCUT2D eigenvalue weighted by Gasteiger charge is 2.26. The van der Waals surface area contributed by atoms with Crippen LogP contribution in [0.1, 0.15) is 32.8 Å². The minimum absolute atomic E-state index is 0.0666. The van der Waals surface area contributed by atoms with E-state index in [2.05, 4.69) is 20.8 Å². The molecule has 1 fully saturated rings. The van der Waals surface area contributed by atoms with Gasteiger partial charge in [0.15, 0.2) is 0 Å². The highest BCUT2D eigenvalue weighted by Crippen LogP contribution is 2.26. The molecule has 1 aliphatic heterocycles. The summed E-state index contributed by atoms with van der Waals surface area (Å²) in [6, 6.07) is 7.76. The van der Waals surface area contributed by atoms with Gasteiger partial charge >= 0.3 is 0 Å². The van der Waals surface area contributed by atoms with Crippen LogP contribution < -0.4 is 4.31 Å². The first-order chi connectivity index (χ1) is 9.70. The van der Waals surface area contributed by atoms with Gasteiger partial charge in [-0.15, -0.1) is 0 Å². The van der Waals surface area contributed by atoms with Crippen molar-refractivity contribution in [1.29, 1.82) is 0 Å². The van der Waals surface area contributed by atoms with E-state index in [0.29, 0.717) is 18.9 Å². The summed E-state index contributed by atoms with van der Waals surface area (Å²) in [5, 5.41) is 0. The third kappa shape index (κ3) is 3.98. The number of nitrogens with zero attached hydrogens (tertiary/aromatic N) is 1. The number of benzene rings is 1. The van der Waals surface area contributed by atoms with Crippen LogP contribution in [-0.4, -0.2) is 34.4 Å². The molecule has 1 aliphatic rings. The molecule has 1 saturated heterocycles. The Morgan fingerprint density at radius 3 is 2.33 bits per heavy atom. The summed E-state index contributed by atoms with van der Waals surface area (Å²) < 4.78 is 31.5. The smallest absolute Gasteiger partial charge is 0.235 e. The van der Waals surface area contributed by atoms with Crippen molar-refractivity contribution in [2.75, 3.05) is 30.3 Å². The number of sulfonamides is 1. The maximum absolute atomic E-state index is 12.4. The number of hydrogen-bond acceptors (Lipinski definition) is 3. The van der Waals surface area contributed by atoms with Crippen molar-refractivity contribution in [3.63, 3.8) is 0 Å². The molecule has 0 bridgehead atoms. The molecule has 0 amide bonds. The van der Waals surface area contributed by atoms with Gasteiger partial charge in [0.2, 0.25) is 10.0 Å². The number of rotatable bonds is 4. The van der Waals surface area contributed by atoms with Gasteiger partial charge in [0.1, 0.15) is 0 Å². The molecule has 1 atom stereocenters. The van der Waals surface area contributed by atoms with Gasteiger partial charge in [-0.2, -0.15) is 0 Å². The van der Waals surface area contributed by atoms with Crippen LogP contribution in [0, 0.1) is 5.92 Å². The Morgan fingerprint density at radius 1 is 1.24 bits per heavy atom. The van der Waals surface area contributed by atoms with Gasteiger partial charge in [0.25, 0.3) is 0 Å². The molecule has 21 heavy (non-hydrogen) atoms.